The SMILES string of the molecule is CSc1c(C(C)=O)c(O)cc(=O)n1C. The van der Waals surface area contributed by atoms with Crippen molar-refractivity contribution in [2.75, 3.05) is 6.26 Å². The van der Waals surface area contributed by atoms with Crippen molar-refractivity contribution in [1.29, 1.82) is 0 Å². The number of nitrogens with zero attached hydrogens (tertiary/aromatic N) is 1. The van der Waals surface area contributed by atoms with Crippen LogP contribution in [0.1, 0.15) is 17.3 Å². The van der Waals surface area contributed by atoms with Crippen LogP contribution in [0.15, 0.2) is 15.9 Å². The summed E-state index contributed by atoms with van der Waals surface area (Å²) in [4.78, 5) is 22.5. The van der Waals surface area contributed by atoms with Crippen LogP contribution in [0.2, 0.25) is 0 Å². The Kier molecular flexibility index (Phi) is 3.00. The van der Waals surface area contributed by atoms with E-state index >= 15 is 0 Å². The predicted octanol–water partition coefficient (Wildman–Crippen LogP) is 1.02. The molecule has 4 nitrogen and oxygen atoms in total. The second-order valence-electron chi connectivity index (χ2n) is 2.87. The van der Waals surface area contributed by atoms with Gasteiger partial charge in [-0.05, 0) is 13.2 Å². The molecule has 0 aromatic carbocycles. The molecule has 0 spiro atoms. The molecule has 76 valence electrons. The topological polar surface area (TPSA) is 59.3 Å². The quantitative estimate of drug-likeness (QED) is 0.588. The molecule has 0 aliphatic carbocycles. The molecule has 1 heterocycles. The minimum absolute atomic E-state index is 0.208. The minimum atomic E-state index is -0.322. The van der Waals surface area contributed by atoms with Crippen molar-refractivity contribution in [3.63, 3.8) is 0 Å². The summed E-state index contributed by atoms with van der Waals surface area (Å²) in [5.41, 5.74) is -0.114. The normalized spacial score (nSPS) is 10.2. The summed E-state index contributed by atoms with van der Waals surface area (Å²) in [6, 6.07) is 1.05. The van der Waals surface area contributed by atoms with E-state index in [0.29, 0.717) is 5.03 Å². The van der Waals surface area contributed by atoms with Gasteiger partial charge < -0.3 is 9.67 Å². The van der Waals surface area contributed by atoms with Crippen LogP contribution in [0.4, 0.5) is 0 Å². The number of carbonyl (C=O) groups is 1. The molecule has 0 radical (unpaired) electrons. The molecule has 1 rings (SSSR count). The summed E-state index contributed by atoms with van der Waals surface area (Å²) in [6.07, 6.45) is 1.75. The van der Waals surface area contributed by atoms with Crippen molar-refractivity contribution >= 4 is 17.5 Å². The van der Waals surface area contributed by atoms with Gasteiger partial charge in [0.25, 0.3) is 5.56 Å². The first-order chi connectivity index (χ1) is 6.49. The summed E-state index contributed by atoms with van der Waals surface area (Å²) in [5, 5.41) is 9.94. The number of rotatable bonds is 2. The average molecular weight is 213 g/mol. The fraction of sp³-hybridized carbons (Fsp3) is 0.333. The maximum absolute atomic E-state index is 11.3. The molecule has 5 heteroatoms. The van der Waals surface area contributed by atoms with Crippen LogP contribution < -0.4 is 5.56 Å². The monoisotopic (exact) mass is 213 g/mol. The first-order valence-electron chi connectivity index (χ1n) is 3.97. The molecule has 0 saturated heterocycles. The van der Waals surface area contributed by atoms with E-state index in [1.807, 2.05) is 0 Å². The summed E-state index contributed by atoms with van der Waals surface area (Å²) in [5.74, 6) is -0.493. The zero-order chi connectivity index (χ0) is 10.9. The van der Waals surface area contributed by atoms with E-state index in [1.165, 1.54) is 23.3 Å². The number of hydrogen-bond donors (Lipinski definition) is 1. The van der Waals surface area contributed by atoms with Crippen molar-refractivity contribution in [2.24, 2.45) is 7.05 Å². The number of aromatic nitrogens is 1. The second-order valence-corrected chi connectivity index (χ2v) is 3.66. The van der Waals surface area contributed by atoms with E-state index in [9.17, 15) is 14.7 Å². The van der Waals surface area contributed by atoms with E-state index in [-0.39, 0.29) is 22.7 Å². The highest BCUT2D eigenvalue weighted by Crippen LogP contribution is 2.25. The number of Topliss-reactive ketones (excluding diaryl/α,β-unsaturated/α-hetero) is 1. The molecular formula is C9H11NO3S. The Morgan fingerprint density at radius 3 is 2.57 bits per heavy atom. The first kappa shape index (κ1) is 10.8. The smallest absolute Gasteiger partial charge is 0.254 e. The number of pyridine rings is 1. The van der Waals surface area contributed by atoms with E-state index in [4.69, 9.17) is 0 Å². The molecule has 1 aromatic rings. The molecule has 14 heavy (non-hydrogen) atoms. The Balaban J connectivity index is 3.64. The van der Waals surface area contributed by atoms with Gasteiger partial charge in [-0.2, -0.15) is 0 Å². The van der Waals surface area contributed by atoms with Crippen LogP contribution in [-0.4, -0.2) is 21.7 Å². The lowest BCUT2D eigenvalue weighted by Crippen LogP contribution is -2.19. The number of hydrogen-bond acceptors (Lipinski definition) is 4. The minimum Gasteiger partial charge on any atom is -0.507 e. The molecule has 0 aliphatic heterocycles. The third-order valence-electron chi connectivity index (χ3n) is 1.91. The van der Waals surface area contributed by atoms with Gasteiger partial charge in [-0.15, -0.1) is 11.8 Å². The summed E-state index contributed by atoms with van der Waals surface area (Å²) < 4.78 is 1.35. The molecule has 0 atom stereocenters. The van der Waals surface area contributed by atoms with Gasteiger partial charge >= 0.3 is 0 Å². The molecule has 0 saturated carbocycles. The van der Waals surface area contributed by atoms with Crippen LogP contribution in [0.25, 0.3) is 0 Å². The Hall–Kier alpha value is -1.23. The lowest BCUT2D eigenvalue weighted by Gasteiger charge is -2.10. The van der Waals surface area contributed by atoms with Crippen LogP contribution in [0, 0.1) is 0 Å². The maximum atomic E-state index is 11.3. The highest BCUT2D eigenvalue weighted by Gasteiger charge is 2.16. The molecule has 0 unspecified atom stereocenters. The molecule has 0 bridgehead atoms. The molecular weight excluding hydrogens is 202 g/mol. The van der Waals surface area contributed by atoms with Crippen LogP contribution in [-0.2, 0) is 7.05 Å². The predicted molar refractivity (Wildman–Crippen MR) is 55.1 cm³/mol. The third kappa shape index (κ3) is 1.68. The van der Waals surface area contributed by atoms with Gasteiger partial charge in [0.05, 0.1) is 10.6 Å². The molecule has 0 aliphatic rings. The largest absolute Gasteiger partial charge is 0.507 e. The average Bonchev–Trinajstić information content (AvgIpc) is 2.09. The fourth-order valence-electron chi connectivity index (χ4n) is 1.23. The van der Waals surface area contributed by atoms with Gasteiger partial charge in [-0.1, -0.05) is 0 Å². The third-order valence-corrected chi connectivity index (χ3v) is 2.78. The maximum Gasteiger partial charge on any atom is 0.254 e. The zero-order valence-corrected chi connectivity index (χ0v) is 9.01. The van der Waals surface area contributed by atoms with E-state index in [2.05, 4.69) is 0 Å². The Morgan fingerprint density at radius 2 is 2.14 bits per heavy atom. The molecule has 1 aromatic heterocycles. The van der Waals surface area contributed by atoms with E-state index in [1.54, 1.807) is 13.3 Å². The summed E-state index contributed by atoms with van der Waals surface area (Å²) >= 11 is 1.26. The van der Waals surface area contributed by atoms with Gasteiger partial charge in [-0.3, -0.25) is 9.59 Å². The van der Waals surface area contributed by atoms with Crippen molar-refractivity contribution < 1.29 is 9.90 Å². The zero-order valence-electron chi connectivity index (χ0n) is 8.20. The van der Waals surface area contributed by atoms with E-state index in [0.717, 1.165) is 6.07 Å². The van der Waals surface area contributed by atoms with Crippen molar-refractivity contribution in [3.8, 4) is 5.75 Å². The van der Waals surface area contributed by atoms with Crippen LogP contribution in [0.3, 0.4) is 0 Å². The molecule has 1 N–H and O–H groups in total. The highest BCUT2D eigenvalue weighted by atomic mass is 32.2. The van der Waals surface area contributed by atoms with Gasteiger partial charge in [0.2, 0.25) is 0 Å². The number of ketones is 1. The van der Waals surface area contributed by atoms with Crippen LogP contribution >= 0.6 is 11.8 Å². The molecule has 0 fully saturated rings. The Morgan fingerprint density at radius 1 is 1.57 bits per heavy atom. The van der Waals surface area contributed by atoms with Gasteiger partial charge in [0.1, 0.15) is 5.75 Å². The Labute approximate surface area is 85.6 Å². The van der Waals surface area contributed by atoms with Gasteiger partial charge in [-0.25, -0.2) is 0 Å². The number of carbonyl (C=O) groups excluding carboxylic acids is 1. The van der Waals surface area contributed by atoms with E-state index < -0.39 is 0 Å². The fourth-order valence-corrected chi connectivity index (χ4v) is 2.05. The van der Waals surface area contributed by atoms with Crippen molar-refractivity contribution in [1.82, 2.24) is 4.57 Å². The lowest BCUT2D eigenvalue weighted by atomic mass is 10.2. The summed E-state index contributed by atoms with van der Waals surface area (Å²) in [6.45, 7) is 1.36. The summed E-state index contributed by atoms with van der Waals surface area (Å²) in [7, 11) is 1.57. The van der Waals surface area contributed by atoms with Crippen LogP contribution in [0.5, 0.6) is 5.75 Å². The van der Waals surface area contributed by atoms with Gasteiger partial charge in [0.15, 0.2) is 5.78 Å². The Bertz CT molecular complexity index is 436. The standard InChI is InChI=1S/C9H11NO3S/c1-5(11)8-6(12)4-7(13)10(2)9(8)14-3/h4,12H,1-3H3. The van der Waals surface area contributed by atoms with Gasteiger partial charge in [0, 0.05) is 13.1 Å². The van der Waals surface area contributed by atoms with Crippen molar-refractivity contribution in [2.45, 2.75) is 11.9 Å². The number of aromatic hydroxyl groups is 1. The lowest BCUT2D eigenvalue weighted by molar-refractivity contribution is 0.101. The number of thioether (sulfide) groups is 1. The second kappa shape index (κ2) is 3.88. The first-order valence-corrected chi connectivity index (χ1v) is 5.19. The molecule has 0 amide bonds. The van der Waals surface area contributed by atoms with Crippen molar-refractivity contribution in [3.05, 3.63) is 22.0 Å². The highest BCUT2D eigenvalue weighted by molar-refractivity contribution is 7.98.